The second-order valence-electron chi connectivity index (χ2n) is 7.69. The van der Waals surface area contributed by atoms with Gasteiger partial charge in [0.1, 0.15) is 11.5 Å². The number of benzene rings is 2. The maximum atomic E-state index is 12.6. The highest BCUT2D eigenvalue weighted by Gasteiger charge is 2.15. The summed E-state index contributed by atoms with van der Waals surface area (Å²) in [5.41, 5.74) is 5.65. The maximum absolute atomic E-state index is 12.6. The first-order chi connectivity index (χ1) is 14.9. The molecule has 0 saturated heterocycles. The van der Waals surface area contributed by atoms with Crippen molar-refractivity contribution < 1.29 is 19.1 Å². The lowest BCUT2D eigenvalue weighted by Crippen LogP contribution is -2.41. The molecule has 0 aliphatic rings. The number of rotatable bonds is 11. The Kier molecular flexibility index (Phi) is 10.4. The molecule has 31 heavy (non-hydrogen) atoms. The van der Waals surface area contributed by atoms with E-state index in [1.54, 1.807) is 42.5 Å². The van der Waals surface area contributed by atoms with Crippen LogP contribution in [0.1, 0.15) is 67.2 Å². The molecule has 0 fully saturated rings. The Morgan fingerprint density at radius 3 is 2.32 bits per heavy atom. The lowest BCUT2D eigenvalue weighted by Gasteiger charge is -2.14. The van der Waals surface area contributed by atoms with Gasteiger partial charge in [-0.05, 0) is 54.8 Å². The van der Waals surface area contributed by atoms with Gasteiger partial charge >= 0.3 is 0 Å². The van der Waals surface area contributed by atoms with E-state index in [1.165, 1.54) is 12.8 Å². The molecule has 0 saturated carbocycles. The van der Waals surface area contributed by atoms with Crippen LogP contribution in [0.25, 0.3) is 0 Å². The third-order valence-corrected chi connectivity index (χ3v) is 4.92. The summed E-state index contributed by atoms with van der Waals surface area (Å²) < 4.78 is 12.2. The lowest BCUT2D eigenvalue weighted by molar-refractivity contribution is 0.0844. The van der Waals surface area contributed by atoms with Crippen molar-refractivity contribution in [3.8, 4) is 11.5 Å². The zero-order valence-electron chi connectivity index (χ0n) is 18.4. The van der Waals surface area contributed by atoms with Gasteiger partial charge in [0.2, 0.25) is 0 Å². The van der Waals surface area contributed by atoms with E-state index >= 15 is 0 Å². The molecule has 7 heteroatoms. The van der Waals surface area contributed by atoms with E-state index < -0.39 is 11.8 Å². The molecule has 168 valence electrons. The molecule has 0 heterocycles. The first-order valence-corrected chi connectivity index (χ1v) is 11.5. The fourth-order valence-corrected chi connectivity index (χ4v) is 3.10. The number of halogens is 1. The summed E-state index contributed by atoms with van der Waals surface area (Å²) in [4.78, 5) is 25.0. The quantitative estimate of drug-likeness (QED) is 0.321. The minimum Gasteiger partial charge on any atom is -0.494 e. The summed E-state index contributed by atoms with van der Waals surface area (Å²) in [5.74, 6) is 0.632. The van der Waals surface area contributed by atoms with Crippen LogP contribution in [0.4, 0.5) is 0 Å². The van der Waals surface area contributed by atoms with Crippen LogP contribution < -0.4 is 20.3 Å². The van der Waals surface area contributed by atoms with Gasteiger partial charge < -0.3 is 9.47 Å². The summed E-state index contributed by atoms with van der Waals surface area (Å²) in [6, 6.07) is 12.0. The second kappa shape index (κ2) is 13.0. The van der Waals surface area contributed by atoms with E-state index in [0.717, 1.165) is 23.1 Å². The van der Waals surface area contributed by atoms with Crippen LogP contribution >= 0.6 is 15.9 Å². The van der Waals surface area contributed by atoms with Gasteiger partial charge in [-0.15, -0.1) is 0 Å². The molecular formula is C24H31BrN2O4. The van der Waals surface area contributed by atoms with Crippen LogP contribution in [0.5, 0.6) is 11.5 Å². The standard InChI is InChI=1S/C24H31BrN2O4/c1-4-5-6-7-14-30-20-11-8-18(9-12-20)23(28)26-27-24(29)21-15-19(25)10-13-22(21)31-16-17(2)3/h8-13,15,17H,4-7,14,16H2,1-3H3,(H,26,28)(H,27,29). The number of carbonyl (C=O) groups is 2. The zero-order valence-corrected chi connectivity index (χ0v) is 20.0. The van der Waals surface area contributed by atoms with Crippen molar-refractivity contribution in [2.24, 2.45) is 5.92 Å². The smallest absolute Gasteiger partial charge is 0.273 e. The number of hydrogen-bond acceptors (Lipinski definition) is 4. The molecule has 6 nitrogen and oxygen atoms in total. The molecule has 2 amide bonds. The molecule has 0 aromatic heterocycles. The fraction of sp³-hybridized carbons (Fsp3) is 0.417. The van der Waals surface area contributed by atoms with Crippen molar-refractivity contribution >= 4 is 27.7 Å². The molecule has 0 aliphatic carbocycles. The number of hydrogen-bond donors (Lipinski definition) is 2. The van der Waals surface area contributed by atoms with E-state index in [2.05, 4.69) is 33.7 Å². The Morgan fingerprint density at radius 1 is 0.935 bits per heavy atom. The Labute approximate surface area is 192 Å². The van der Waals surface area contributed by atoms with E-state index in [0.29, 0.717) is 36.0 Å². The molecule has 0 bridgehead atoms. The molecule has 0 radical (unpaired) electrons. The van der Waals surface area contributed by atoms with E-state index in [1.807, 2.05) is 13.8 Å². The summed E-state index contributed by atoms with van der Waals surface area (Å²) in [7, 11) is 0. The Balaban J connectivity index is 1.89. The van der Waals surface area contributed by atoms with Gasteiger partial charge in [0.05, 0.1) is 18.8 Å². The van der Waals surface area contributed by atoms with Crippen LogP contribution in [0.3, 0.4) is 0 Å². The molecule has 2 aromatic carbocycles. The minimum absolute atomic E-state index is 0.322. The normalized spacial score (nSPS) is 10.6. The summed E-state index contributed by atoms with van der Waals surface area (Å²) in [6.45, 7) is 7.38. The van der Waals surface area contributed by atoms with Gasteiger partial charge in [0.15, 0.2) is 0 Å². The Bertz CT molecular complexity index is 853. The Morgan fingerprint density at radius 2 is 1.65 bits per heavy atom. The molecule has 0 atom stereocenters. The number of hydrazine groups is 1. The average Bonchev–Trinajstić information content (AvgIpc) is 2.76. The molecule has 2 rings (SSSR count). The van der Waals surface area contributed by atoms with Gasteiger partial charge in [-0.3, -0.25) is 20.4 Å². The topological polar surface area (TPSA) is 76.7 Å². The van der Waals surface area contributed by atoms with Crippen molar-refractivity contribution in [3.63, 3.8) is 0 Å². The highest BCUT2D eigenvalue weighted by molar-refractivity contribution is 9.10. The molecular weight excluding hydrogens is 460 g/mol. The van der Waals surface area contributed by atoms with Gasteiger partial charge in [0.25, 0.3) is 11.8 Å². The number of amides is 2. The predicted molar refractivity (Wildman–Crippen MR) is 125 cm³/mol. The molecule has 0 spiro atoms. The zero-order chi connectivity index (χ0) is 22.6. The third-order valence-electron chi connectivity index (χ3n) is 4.43. The summed E-state index contributed by atoms with van der Waals surface area (Å²) in [6.07, 6.45) is 4.56. The average molecular weight is 491 g/mol. The van der Waals surface area contributed by atoms with Crippen LogP contribution in [-0.2, 0) is 0 Å². The lowest BCUT2D eigenvalue weighted by atomic mass is 10.2. The van der Waals surface area contributed by atoms with Crippen LogP contribution in [0, 0.1) is 5.92 Å². The van der Waals surface area contributed by atoms with Gasteiger partial charge in [-0.25, -0.2) is 0 Å². The van der Waals surface area contributed by atoms with Crippen molar-refractivity contribution in [2.45, 2.75) is 46.5 Å². The SMILES string of the molecule is CCCCCCOc1ccc(C(=O)NNC(=O)c2cc(Br)ccc2OCC(C)C)cc1. The second-order valence-corrected chi connectivity index (χ2v) is 8.60. The van der Waals surface area contributed by atoms with Crippen molar-refractivity contribution in [3.05, 3.63) is 58.1 Å². The van der Waals surface area contributed by atoms with Gasteiger partial charge in [-0.1, -0.05) is 56.0 Å². The fourth-order valence-electron chi connectivity index (χ4n) is 2.74. The third kappa shape index (κ3) is 8.61. The number of carbonyl (C=O) groups excluding carboxylic acids is 2. The van der Waals surface area contributed by atoms with Crippen molar-refractivity contribution in [2.75, 3.05) is 13.2 Å². The predicted octanol–water partition coefficient (Wildman–Crippen LogP) is 5.52. The Hall–Kier alpha value is -2.54. The molecule has 0 unspecified atom stereocenters. The minimum atomic E-state index is -0.458. The first-order valence-electron chi connectivity index (χ1n) is 10.7. The molecule has 0 aliphatic heterocycles. The molecule has 2 aromatic rings. The first kappa shape index (κ1) is 24.7. The number of nitrogens with one attached hydrogen (secondary N) is 2. The van der Waals surface area contributed by atoms with E-state index in [-0.39, 0.29) is 0 Å². The number of ether oxygens (including phenoxy) is 2. The molecule has 2 N–H and O–H groups in total. The van der Waals surface area contributed by atoms with E-state index in [9.17, 15) is 9.59 Å². The maximum Gasteiger partial charge on any atom is 0.273 e. The van der Waals surface area contributed by atoms with Crippen LogP contribution in [0.2, 0.25) is 0 Å². The highest BCUT2D eigenvalue weighted by Crippen LogP contribution is 2.23. The van der Waals surface area contributed by atoms with Gasteiger partial charge in [0, 0.05) is 10.0 Å². The summed E-state index contributed by atoms with van der Waals surface area (Å²) in [5, 5.41) is 0. The number of unbranched alkanes of at least 4 members (excludes halogenated alkanes) is 3. The van der Waals surface area contributed by atoms with Crippen molar-refractivity contribution in [1.29, 1.82) is 0 Å². The van der Waals surface area contributed by atoms with Crippen LogP contribution in [0.15, 0.2) is 46.9 Å². The largest absolute Gasteiger partial charge is 0.494 e. The van der Waals surface area contributed by atoms with E-state index in [4.69, 9.17) is 9.47 Å². The van der Waals surface area contributed by atoms with Gasteiger partial charge in [-0.2, -0.15) is 0 Å². The van der Waals surface area contributed by atoms with Crippen molar-refractivity contribution in [1.82, 2.24) is 10.9 Å². The van der Waals surface area contributed by atoms with Crippen LogP contribution in [-0.4, -0.2) is 25.0 Å². The monoisotopic (exact) mass is 490 g/mol. The summed E-state index contributed by atoms with van der Waals surface area (Å²) >= 11 is 3.36. The highest BCUT2D eigenvalue weighted by atomic mass is 79.9.